The molecule has 1 N–H and O–H groups in total. The van der Waals surface area contributed by atoms with E-state index in [1.165, 1.54) is 0 Å². The van der Waals surface area contributed by atoms with Crippen molar-refractivity contribution in [1.29, 1.82) is 0 Å². The number of ether oxygens (including phenoxy) is 2. The van der Waals surface area contributed by atoms with Crippen LogP contribution in [0.25, 0.3) is 0 Å². The molecule has 1 unspecified atom stereocenters. The minimum Gasteiger partial charge on any atom is -0.466 e. The second-order valence-corrected chi connectivity index (χ2v) is 10.3. The van der Waals surface area contributed by atoms with E-state index in [4.69, 9.17) is 14.6 Å². The second-order valence-electron chi connectivity index (χ2n) is 9.16. The third kappa shape index (κ3) is 4.73. The Morgan fingerprint density at radius 1 is 1.33 bits per heavy atom. The highest BCUT2D eigenvalue weighted by atomic mass is 79.9. The number of nitrogens with zero attached hydrogens (tertiary/aromatic N) is 2. The minimum atomic E-state index is -1.05. The number of carbonyl (C=O) groups excluding carboxylic acids is 3. The first-order chi connectivity index (χ1) is 15.9. The Morgan fingerprint density at radius 3 is 2.73 bits per heavy atom. The number of hydrogen-bond donors (Lipinski definition) is 1. The Bertz CT molecular complexity index is 748. The van der Waals surface area contributed by atoms with Gasteiger partial charge in [-0.05, 0) is 39.0 Å². The summed E-state index contributed by atoms with van der Waals surface area (Å²) in [5.74, 6) is -2.23. The summed E-state index contributed by atoms with van der Waals surface area (Å²) in [6, 6.07) is -0.787. The largest absolute Gasteiger partial charge is 0.466 e. The minimum absolute atomic E-state index is 0.0913. The van der Waals surface area contributed by atoms with Crippen molar-refractivity contribution in [3.63, 3.8) is 0 Å². The monoisotopic (exact) mass is 528 g/mol. The molecule has 3 heterocycles. The number of halogens is 1. The Morgan fingerprint density at radius 2 is 2.09 bits per heavy atom. The maximum absolute atomic E-state index is 14.0. The summed E-state index contributed by atoms with van der Waals surface area (Å²) >= 11 is 3.65. The Balaban J connectivity index is 1.98. The van der Waals surface area contributed by atoms with Crippen molar-refractivity contribution >= 4 is 33.7 Å². The number of hydrogen-bond acceptors (Lipinski definition) is 6. The van der Waals surface area contributed by atoms with Crippen LogP contribution in [0, 0.1) is 11.8 Å². The molecule has 9 heteroatoms. The molecule has 0 aromatic carbocycles. The fourth-order valence-corrected chi connectivity index (χ4v) is 6.64. The number of amides is 2. The van der Waals surface area contributed by atoms with E-state index in [1.807, 2.05) is 0 Å². The van der Waals surface area contributed by atoms with E-state index in [1.54, 1.807) is 22.8 Å². The van der Waals surface area contributed by atoms with Crippen LogP contribution in [0.3, 0.4) is 0 Å². The molecule has 3 aliphatic rings. The van der Waals surface area contributed by atoms with Crippen molar-refractivity contribution in [2.24, 2.45) is 11.8 Å². The van der Waals surface area contributed by atoms with Gasteiger partial charge in [0.2, 0.25) is 11.8 Å². The number of carbonyl (C=O) groups is 3. The van der Waals surface area contributed by atoms with E-state index in [-0.39, 0.29) is 29.9 Å². The van der Waals surface area contributed by atoms with Crippen molar-refractivity contribution in [1.82, 2.24) is 9.80 Å². The quantitative estimate of drug-likeness (QED) is 0.170. The van der Waals surface area contributed by atoms with Crippen LogP contribution in [0.5, 0.6) is 0 Å². The zero-order chi connectivity index (χ0) is 24.2. The summed E-state index contributed by atoms with van der Waals surface area (Å²) in [6.45, 7) is 9.29. The molecular formula is C24H37BrN2O6. The van der Waals surface area contributed by atoms with Gasteiger partial charge in [0.15, 0.2) is 0 Å². The average Bonchev–Trinajstić information content (AvgIpc) is 3.37. The number of fused-ring (bicyclic) bond motifs is 1. The third-order valence-electron chi connectivity index (χ3n) is 7.08. The van der Waals surface area contributed by atoms with Gasteiger partial charge in [0.25, 0.3) is 0 Å². The summed E-state index contributed by atoms with van der Waals surface area (Å²) in [4.78, 5) is 43.9. The summed E-state index contributed by atoms with van der Waals surface area (Å²) in [5.41, 5.74) is -1.05. The van der Waals surface area contributed by atoms with E-state index in [0.29, 0.717) is 38.9 Å². The SMILES string of the molecule is C=CCN(CCCC)C(=O)[C@H]1N(CCCCCO)C(=O)[C@@H]2[C@@H](C(=O)OCC)[C@@H]3O[C@@]21CC3Br. The van der Waals surface area contributed by atoms with Crippen LogP contribution in [-0.2, 0) is 23.9 Å². The van der Waals surface area contributed by atoms with Gasteiger partial charge < -0.3 is 24.4 Å². The first-order valence-corrected chi connectivity index (χ1v) is 13.1. The number of unbranched alkanes of at least 4 members (excludes halogenated alkanes) is 3. The Hall–Kier alpha value is -1.45. The molecule has 8 nitrogen and oxygen atoms in total. The summed E-state index contributed by atoms with van der Waals surface area (Å²) in [6.07, 6.45) is 5.54. The van der Waals surface area contributed by atoms with Gasteiger partial charge in [-0.25, -0.2) is 0 Å². The molecule has 0 saturated carbocycles. The van der Waals surface area contributed by atoms with Gasteiger partial charge in [0.05, 0.1) is 24.5 Å². The highest BCUT2D eigenvalue weighted by Gasteiger charge is 2.76. The molecule has 2 bridgehead atoms. The van der Waals surface area contributed by atoms with Gasteiger partial charge >= 0.3 is 5.97 Å². The number of alkyl halides is 1. The van der Waals surface area contributed by atoms with Crippen molar-refractivity contribution < 1.29 is 29.0 Å². The maximum atomic E-state index is 14.0. The lowest BCUT2D eigenvalue weighted by atomic mass is 9.70. The molecule has 0 radical (unpaired) electrons. The van der Waals surface area contributed by atoms with Crippen molar-refractivity contribution in [3.05, 3.63) is 12.7 Å². The molecule has 3 aliphatic heterocycles. The fourth-order valence-electron chi connectivity index (χ4n) is 5.70. The Labute approximate surface area is 204 Å². The average molecular weight is 529 g/mol. The molecule has 2 amide bonds. The summed E-state index contributed by atoms with van der Waals surface area (Å²) in [5, 5.41) is 9.13. The molecule has 0 aromatic heterocycles. The molecule has 0 aromatic rings. The van der Waals surface area contributed by atoms with E-state index >= 15 is 0 Å². The Kier molecular flexibility index (Phi) is 8.97. The highest BCUT2D eigenvalue weighted by Crippen LogP contribution is 2.60. The van der Waals surface area contributed by atoms with E-state index < -0.39 is 35.6 Å². The number of likely N-dealkylation sites (tertiary alicyclic amines) is 1. The highest BCUT2D eigenvalue weighted by molar-refractivity contribution is 9.09. The predicted molar refractivity (Wildman–Crippen MR) is 127 cm³/mol. The van der Waals surface area contributed by atoms with Crippen LogP contribution in [-0.4, -0.2) is 88.1 Å². The number of esters is 1. The molecule has 0 aliphatic carbocycles. The van der Waals surface area contributed by atoms with Gasteiger partial charge in [-0.15, -0.1) is 6.58 Å². The molecule has 3 rings (SSSR count). The smallest absolute Gasteiger partial charge is 0.312 e. The van der Waals surface area contributed by atoms with Crippen LogP contribution in [0.4, 0.5) is 0 Å². The fraction of sp³-hybridized carbons (Fsp3) is 0.792. The van der Waals surface area contributed by atoms with Gasteiger partial charge in [-0.1, -0.05) is 35.4 Å². The van der Waals surface area contributed by atoms with Gasteiger partial charge in [0, 0.05) is 31.1 Å². The number of rotatable bonds is 13. The van der Waals surface area contributed by atoms with Crippen molar-refractivity contribution in [2.45, 2.75) is 74.9 Å². The normalized spacial score (nSPS) is 32.2. The van der Waals surface area contributed by atoms with E-state index in [2.05, 4.69) is 29.4 Å². The van der Waals surface area contributed by atoms with Crippen LogP contribution in [0.1, 0.15) is 52.4 Å². The van der Waals surface area contributed by atoms with Crippen molar-refractivity contribution in [2.75, 3.05) is 32.8 Å². The topological polar surface area (TPSA) is 96.4 Å². The van der Waals surface area contributed by atoms with E-state index in [0.717, 1.165) is 19.3 Å². The number of aliphatic hydroxyl groups is 1. The molecule has 6 atom stereocenters. The van der Waals surface area contributed by atoms with Crippen LogP contribution >= 0.6 is 15.9 Å². The molecule has 1 spiro atoms. The van der Waals surface area contributed by atoms with Gasteiger partial charge in [-0.3, -0.25) is 14.4 Å². The van der Waals surface area contributed by atoms with Crippen molar-refractivity contribution in [3.8, 4) is 0 Å². The summed E-state index contributed by atoms with van der Waals surface area (Å²) in [7, 11) is 0. The molecular weight excluding hydrogens is 492 g/mol. The summed E-state index contributed by atoms with van der Waals surface area (Å²) < 4.78 is 11.8. The lowest BCUT2D eigenvalue weighted by molar-refractivity contribution is -0.154. The van der Waals surface area contributed by atoms with Gasteiger partial charge in [0.1, 0.15) is 11.6 Å². The standard InChI is InChI=1S/C24H37BrN2O6/c1-4-7-12-26(11-5-2)22(30)20-24-15-16(25)19(33-24)17(23(31)32-6-3)18(24)21(29)27(20)13-9-8-10-14-28/h5,16-20,28H,2,4,6-15H2,1,3H3/t16?,17-,18+,19-,20-,24+/m1/s1. The zero-order valence-electron chi connectivity index (χ0n) is 19.7. The maximum Gasteiger partial charge on any atom is 0.312 e. The number of aliphatic hydroxyl groups excluding tert-OH is 1. The first kappa shape index (κ1) is 26.2. The second kappa shape index (κ2) is 11.3. The molecule has 186 valence electrons. The first-order valence-electron chi connectivity index (χ1n) is 12.2. The lowest BCUT2D eigenvalue weighted by Gasteiger charge is -2.37. The van der Waals surface area contributed by atoms with Crippen LogP contribution < -0.4 is 0 Å². The zero-order valence-corrected chi connectivity index (χ0v) is 21.3. The molecule has 33 heavy (non-hydrogen) atoms. The predicted octanol–water partition coefficient (Wildman–Crippen LogP) is 2.27. The molecule has 3 saturated heterocycles. The third-order valence-corrected chi connectivity index (χ3v) is 7.93. The molecule has 3 fully saturated rings. The van der Waals surface area contributed by atoms with Crippen LogP contribution in [0.2, 0.25) is 0 Å². The van der Waals surface area contributed by atoms with Crippen LogP contribution in [0.15, 0.2) is 12.7 Å². The van der Waals surface area contributed by atoms with E-state index in [9.17, 15) is 14.4 Å². The van der Waals surface area contributed by atoms with Gasteiger partial charge in [-0.2, -0.15) is 0 Å². The lowest BCUT2D eigenvalue weighted by Crippen LogP contribution is -2.57.